The van der Waals surface area contributed by atoms with Crippen molar-refractivity contribution in [2.24, 2.45) is 17.3 Å². The van der Waals surface area contributed by atoms with Crippen LogP contribution in [0.25, 0.3) is 0 Å². The summed E-state index contributed by atoms with van der Waals surface area (Å²) < 4.78 is 0. The molecule has 1 aliphatic carbocycles. The van der Waals surface area contributed by atoms with Crippen molar-refractivity contribution in [3.8, 4) is 0 Å². The van der Waals surface area contributed by atoms with Gasteiger partial charge in [0, 0.05) is 49.8 Å². The fourth-order valence-corrected chi connectivity index (χ4v) is 4.08. The molecule has 1 amide bonds. The van der Waals surface area contributed by atoms with Crippen molar-refractivity contribution in [1.29, 1.82) is 0 Å². The Kier molecular flexibility index (Phi) is 3.56. The second kappa shape index (κ2) is 5.54. The van der Waals surface area contributed by atoms with Gasteiger partial charge in [0.25, 0.3) is 0 Å². The number of aromatic nitrogens is 1. The SMILES string of the molecule is CC(=O)c1ccc(N2C[C@@H]3CN(C(=O)C4CC4)C[C@]3(C(=O)O)C2)nc1. The van der Waals surface area contributed by atoms with Gasteiger partial charge in [-0.3, -0.25) is 14.4 Å². The van der Waals surface area contributed by atoms with Crippen LogP contribution in [-0.2, 0) is 9.59 Å². The number of pyridine rings is 1. The molecule has 0 radical (unpaired) electrons. The Morgan fingerprint density at radius 1 is 1.20 bits per heavy atom. The number of rotatable bonds is 4. The van der Waals surface area contributed by atoms with Crippen molar-refractivity contribution in [2.75, 3.05) is 31.1 Å². The van der Waals surface area contributed by atoms with Gasteiger partial charge >= 0.3 is 5.97 Å². The van der Waals surface area contributed by atoms with E-state index in [1.165, 1.54) is 13.1 Å². The van der Waals surface area contributed by atoms with Crippen LogP contribution in [0.4, 0.5) is 5.82 Å². The summed E-state index contributed by atoms with van der Waals surface area (Å²) in [5.41, 5.74) is -0.386. The van der Waals surface area contributed by atoms with Crippen molar-refractivity contribution < 1.29 is 19.5 Å². The average Bonchev–Trinajstić information content (AvgIpc) is 3.26. The second-order valence-corrected chi connectivity index (χ2v) is 7.49. The highest BCUT2D eigenvalue weighted by atomic mass is 16.4. The van der Waals surface area contributed by atoms with E-state index in [0.29, 0.717) is 31.0 Å². The van der Waals surface area contributed by atoms with Crippen LogP contribution in [0.2, 0.25) is 0 Å². The molecule has 1 aromatic rings. The summed E-state index contributed by atoms with van der Waals surface area (Å²) in [7, 11) is 0. The molecule has 7 heteroatoms. The van der Waals surface area contributed by atoms with E-state index in [1.54, 1.807) is 17.0 Å². The van der Waals surface area contributed by atoms with Gasteiger partial charge in [-0.1, -0.05) is 0 Å². The van der Waals surface area contributed by atoms with Gasteiger partial charge in [0.05, 0.1) is 0 Å². The lowest BCUT2D eigenvalue weighted by Gasteiger charge is -2.26. The van der Waals surface area contributed by atoms with Crippen LogP contribution in [0.5, 0.6) is 0 Å². The maximum Gasteiger partial charge on any atom is 0.313 e. The molecule has 7 nitrogen and oxygen atoms in total. The monoisotopic (exact) mass is 343 g/mol. The normalized spacial score (nSPS) is 28.1. The van der Waals surface area contributed by atoms with E-state index < -0.39 is 11.4 Å². The summed E-state index contributed by atoms with van der Waals surface area (Å²) in [4.78, 5) is 43.8. The Balaban J connectivity index is 1.54. The van der Waals surface area contributed by atoms with Crippen molar-refractivity contribution in [1.82, 2.24) is 9.88 Å². The van der Waals surface area contributed by atoms with Crippen molar-refractivity contribution in [2.45, 2.75) is 19.8 Å². The molecule has 1 aromatic heterocycles. The first-order valence-corrected chi connectivity index (χ1v) is 8.65. The standard InChI is InChI=1S/C18H21N3O4/c1-11(22)13-4-5-15(19-6-13)20-7-14-8-21(16(23)12-2-3-12)10-18(14,9-20)17(24)25/h4-6,12,14H,2-3,7-10H2,1H3,(H,24,25)/t14-,18-/m1/s1. The number of likely N-dealkylation sites (tertiary alicyclic amines) is 1. The summed E-state index contributed by atoms with van der Waals surface area (Å²) >= 11 is 0. The third kappa shape index (κ3) is 2.58. The molecule has 1 N–H and O–H groups in total. The van der Waals surface area contributed by atoms with Gasteiger partial charge in [-0.25, -0.2) is 4.98 Å². The number of anilines is 1. The number of ketones is 1. The second-order valence-electron chi connectivity index (χ2n) is 7.49. The number of Topliss-reactive ketones (excluding diaryl/α,β-unsaturated/α-hetero) is 1. The van der Waals surface area contributed by atoms with E-state index in [9.17, 15) is 19.5 Å². The van der Waals surface area contributed by atoms with E-state index in [2.05, 4.69) is 4.98 Å². The van der Waals surface area contributed by atoms with Crippen LogP contribution in [-0.4, -0.2) is 58.8 Å². The van der Waals surface area contributed by atoms with Crippen LogP contribution >= 0.6 is 0 Å². The van der Waals surface area contributed by atoms with E-state index in [-0.39, 0.29) is 30.1 Å². The highest BCUT2D eigenvalue weighted by Gasteiger charge is 2.59. The summed E-state index contributed by atoms with van der Waals surface area (Å²) in [6, 6.07) is 3.48. The highest BCUT2D eigenvalue weighted by molar-refractivity contribution is 5.93. The summed E-state index contributed by atoms with van der Waals surface area (Å²) in [6.45, 7) is 3.18. The number of nitrogens with zero attached hydrogens (tertiary/aromatic N) is 3. The highest BCUT2D eigenvalue weighted by Crippen LogP contribution is 2.45. The molecular weight excluding hydrogens is 322 g/mol. The van der Waals surface area contributed by atoms with Crippen LogP contribution in [0, 0.1) is 17.3 Å². The number of fused-ring (bicyclic) bond motifs is 1. The lowest BCUT2D eigenvalue weighted by Crippen LogP contribution is -2.42. The number of hydrogen-bond donors (Lipinski definition) is 1. The van der Waals surface area contributed by atoms with Gasteiger partial charge in [-0.2, -0.15) is 0 Å². The first-order chi connectivity index (χ1) is 11.9. The fourth-order valence-electron chi connectivity index (χ4n) is 4.08. The Morgan fingerprint density at radius 3 is 2.48 bits per heavy atom. The van der Waals surface area contributed by atoms with Crippen LogP contribution < -0.4 is 4.90 Å². The first kappa shape index (κ1) is 16.1. The Bertz CT molecular complexity index is 743. The molecule has 0 spiro atoms. The van der Waals surface area contributed by atoms with Crippen molar-refractivity contribution in [3.63, 3.8) is 0 Å². The number of carbonyl (C=O) groups excluding carboxylic acids is 2. The van der Waals surface area contributed by atoms with Gasteiger partial charge in [0.2, 0.25) is 5.91 Å². The predicted molar refractivity (Wildman–Crippen MR) is 89.3 cm³/mol. The maximum absolute atomic E-state index is 12.3. The minimum Gasteiger partial charge on any atom is -0.481 e. The number of carboxylic acid groups (broad SMARTS) is 1. The number of amides is 1. The molecule has 2 saturated heterocycles. The number of carbonyl (C=O) groups is 3. The molecule has 2 aliphatic heterocycles. The molecule has 0 aromatic carbocycles. The lowest BCUT2D eigenvalue weighted by atomic mass is 9.81. The first-order valence-electron chi connectivity index (χ1n) is 8.65. The van der Waals surface area contributed by atoms with E-state index in [1.807, 2.05) is 4.90 Å². The lowest BCUT2D eigenvalue weighted by molar-refractivity contribution is -0.148. The minimum atomic E-state index is -0.925. The van der Waals surface area contributed by atoms with E-state index in [0.717, 1.165) is 12.8 Å². The molecule has 0 bridgehead atoms. The quantitative estimate of drug-likeness (QED) is 0.822. The van der Waals surface area contributed by atoms with Crippen LogP contribution in [0.15, 0.2) is 18.3 Å². The smallest absolute Gasteiger partial charge is 0.313 e. The zero-order valence-electron chi connectivity index (χ0n) is 14.1. The molecule has 132 valence electrons. The molecule has 3 aliphatic rings. The summed E-state index contributed by atoms with van der Waals surface area (Å²) in [5.74, 6) is -0.0748. The molecule has 3 fully saturated rings. The molecule has 25 heavy (non-hydrogen) atoms. The Labute approximate surface area is 145 Å². The molecule has 0 unspecified atom stereocenters. The largest absolute Gasteiger partial charge is 0.481 e. The summed E-state index contributed by atoms with van der Waals surface area (Å²) in [6.07, 6.45) is 3.39. The third-order valence-electron chi connectivity index (χ3n) is 5.75. The molecule has 3 heterocycles. The zero-order chi connectivity index (χ0) is 17.8. The minimum absolute atomic E-state index is 0.0476. The van der Waals surface area contributed by atoms with Gasteiger partial charge in [0.1, 0.15) is 11.2 Å². The van der Waals surface area contributed by atoms with Gasteiger partial charge in [-0.15, -0.1) is 0 Å². The number of aliphatic carboxylic acids is 1. The molecule has 1 saturated carbocycles. The molecule has 4 rings (SSSR count). The molecule has 2 atom stereocenters. The van der Waals surface area contributed by atoms with Crippen LogP contribution in [0.1, 0.15) is 30.1 Å². The van der Waals surface area contributed by atoms with Gasteiger partial charge < -0.3 is 14.9 Å². The van der Waals surface area contributed by atoms with Gasteiger partial charge in [0.15, 0.2) is 5.78 Å². The van der Waals surface area contributed by atoms with Crippen molar-refractivity contribution >= 4 is 23.5 Å². The Hall–Kier alpha value is -2.44. The predicted octanol–water partition coefficient (Wildman–Crippen LogP) is 1.04. The summed E-state index contributed by atoms with van der Waals surface area (Å²) in [5, 5.41) is 9.88. The maximum atomic E-state index is 12.3. The van der Waals surface area contributed by atoms with E-state index >= 15 is 0 Å². The average molecular weight is 343 g/mol. The fraction of sp³-hybridized carbons (Fsp3) is 0.556. The van der Waals surface area contributed by atoms with E-state index in [4.69, 9.17) is 0 Å². The van der Waals surface area contributed by atoms with Crippen LogP contribution in [0.3, 0.4) is 0 Å². The van der Waals surface area contributed by atoms with Crippen molar-refractivity contribution in [3.05, 3.63) is 23.9 Å². The third-order valence-corrected chi connectivity index (χ3v) is 5.75. The molecular formula is C18H21N3O4. The Morgan fingerprint density at radius 2 is 1.96 bits per heavy atom. The topological polar surface area (TPSA) is 90.8 Å². The zero-order valence-corrected chi connectivity index (χ0v) is 14.1. The number of carboxylic acids is 1. The number of hydrogen-bond acceptors (Lipinski definition) is 5. The van der Waals surface area contributed by atoms with Gasteiger partial charge in [-0.05, 0) is 31.9 Å².